The van der Waals surface area contributed by atoms with Crippen LogP contribution in [0, 0.1) is 6.92 Å². The summed E-state index contributed by atoms with van der Waals surface area (Å²) in [5, 5.41) is 0. The van der Waals surface area contributed by atoms with Crippen LogP contribution in [0.5, 0.6) is 17.2 Å². The van der Waals surface area contributed by atoms with Gasteiger partial charge in [0.05, 0.1) is 19.8 Å². The average Bonchev–Trinajstić information content (AvgIpc) is 2.52. The minimum absolute atomic E-state index is 0.242. The Kier molecular flexibility index (Phi) is 4.88. The number of para-hydroxylation sites is 1. The van der Waals surface area contributed by atoms with Gasteiger partial charge in [0, 0.05) is 5.56 Å². The molecule has 0 aromatic heterocycles. The zero-order chi connectivity index (χ0) is 16.1. The highest BCUT2D eigenvalue weighted by Gasteiger charge is 2.15. The molecule has 0 aliphatic rings. The number of carbonyl (C=O) groups excluding carboxylic acids is 1. The molecule has 1 amide bonds. The first-order valence-corrected chi connectivity index (χ1v) is 6.80. The molecule has 5 heteroatoms. The number of benzene rings is 2. The zero-order valence-electron chi connectivity index (χ0n) is 12.9. The molecule has 0 spiro atoms. The van der Waals surface area contributed by atoms with Gasteiger partial charge in [-0.15, -0.1) is 0 Å². The lowest BCUT2D eigenvalue weighted by molar-refractivity contribution is 0.0995. The van der Waals surface area contributed by atoms with Crippen molar-refractivity contribution in [2.75, 3.05) is 14.2 Å². The number of nitrogens with two attached hydrogens (primary N) is 1. The molecule has 2 rings (SSSR count). The molecule has 0 heterocycles. The van der Waals surface area contributed by atoms with Gasteiger partial charge in [0.15, 0.2) is 11.5 Å². The number of hydrogen-bond acceptors (Lipinski definition) is 4. The number of ether oxygens (including phenoxy) is 3. The number of methoxy groups -OCH3 is 2. The van der Waals surface area contributed by atoms with E-state index in [1.807, 2.05) is 25.1 Å². The molecule has 116 valence electrons. The van der Waals surface area contributed by atoms with Gasteiger partial charge in [0.1, 0.15) is 12.4 Å². The first-order chi connectivity index (χ1) is 10.6. The number of carbonyl (C=O) groups is 1. The van der Waals surface area contributed by atoms with E-state index in [-0.39, 0.29) is 12.2 Å². The lowest BCUT2D eigenvalue weighted by atomic mass is 10.1. The number of hydrogen-bond donors (Lipinski definition) is 1. The van der Waals surface area contributed by atoms with Crippen LogP contribution in [0.4, 0.5) is 0 Å². The van der Waals surface area contributed by atoms with Crippen LogP contribution in [0.15, 0.2) is 36.4 Å². The zero-order valence-corrected chi connectivity index (χ0v) is 12.9. The summed E-state index contributed by atoms with van der Waals surface area (Å²) in [4.78, 5) is 11.5. The smallest absolute Gasteiger partial charge is 0.252 e. The minimum Gasteiger partial charge on any atom is -0.496 e. The molecular weight excluding hydrogens is 282 g/mol. The van der Waals surface area contributed by atoms with Crippen molar-refractivity contribution in [3.8, 4) is 17.2 Å². The second-order valence-electron chi connectivity index (χ2n) is 4.81. The summed E-state index contributed by atoms with van der Waals surface area (Å²) < 4.78 is 16.4. The first-order valence-electron chi connectivity index (χ1n) is 6.80. The third kappa shape index (κ3) is 3.31. The molecule has 0 radical (unpaired) electrons. The molecule has 0 unspecified atom stereocenters. The summed E-state index contributed by atoms with van der Waals surface area (Å²) in [7, 11) is 3.12. The van der Waals surface area contributed by atoms with Crippen LogP contribution in [0.1, 0.15) is 21.5 Å². The minimum atomic E-state index is -0.565. The van der Waals surface area contributed by atoms with Crippen molar-refractivity contribution < 1.29 is 19.0 Å². The molecule has 2 aromatic rings. The van der Waals surface area contributed by atoms with E-state index in [4.69, 9.17) is 19.9 Å². The summed E-state index contributed by atoms with van der Waals surface area (Å²) in [6, 6.07) is 10.8. The topological polar surface area (TPSA) is 70.8 Å². The summed E-state index contributed by atoms with van der Waals surface area (Å²) in [5.41, 5.74) is 7.64. The third-order valence-electron chi connectivity index (χ3n) is 3.27. The largest absolute Gasteiger partial charge is 0.496 e. The molecule has 0 fully saturated rings. The predicted octanol–water partition coefficient (Wildman–Crippen LogP) is 2.69. The summed E-state index contributed by atoms with van der Waals surface area (Å²) in [5.74, 6) is 0.954. The van der Waals surface area contributed by atoms with Crippen LogP contribution in [-0.2, 0) is 6.61 Å². The Labute approximate surface area is 129 Å². The first kappa shape index (κ1) is 15.7. The molecule has 22 heavy (non-hydrogen) atoms. The SMILES string of the molecule is COc1ccc(C)cc1COc1c(OC)cccc1C(N)=O. The third-order valence-corrected chi connectivity index (χ3v) is 3.27. The number of rotatable bonds is 6. The highest BCUT2D eigenvalue weighted by molar-refractivity contribution is 5.96. The lowest BCUT2D eigenvalue weighted by Crippen LogP contribution is -2.13. The van der Waals surface area contributed by atoms with Crippen molar-refractivity contribution in [3.05, 3.63) is 53.1 Å². The normalized spacial score (nSPS) is 10.1. The second kappa shape index (κ2) is 6.85. The standard InChI is InChI=1S/C17H19NO4/c1-11-7-8-14(20-2)12(9-11)10-22-16-13(17(18)19)5-4-6-15(16)21-3/h4-9H,10H2,1-3H3,(H2,18,19). The van der Waals surface area contributed by atoms with E-state index in [2.05, 4.69) is 0 Å². The van der Waals surface area contributed by atoms with Gasteiger partial charge in [-0.2, -0.15) is 0 Å². The lowest BCUT2D eigenvalue weighted by Gasteiger charge is -2.15. The van der Waals surface area contributed by atoms with E-state index in [1.54, 1.807) is 25.3 Å². The quantitative estimate of drug-likeness (QED) is 0.890. The maximum Gasteiger partial charge on any atom is 0.252 e. The Balaban J connectivity index is 2.32. The molecular formula is C17H19NO4. The maximum atomic E-state index is 11.5. The Morgan fingerprint density at radius 3 is 2.45 bits per heavy atom. The summed E-state index contributed by atoms with van der Waals surface area (Å²) >= 11 is 0. The predicted molar refractivity (Wildman–Crippen MR) is 83.6 cm³/mol. The molecule has 2 aromatic carbocycles. The fourth-order valence-corrected chi connectivity index (χ4v) is 2.19. The maximum absolute atomic E-state index is 11.5. The van der Waals surface area contributed by atoms with E-state index >= 15 is 0 Å². The van der Waals surface area contributed by atoms with Crippen LogP contribution in [0.25, 0.3) is 0 Å². The van der Waals surface area contributed by atoms with Gasteiger partial charge in [0.2, 0.25) is 0 Å². The highest BCUT2D eigenvalue weighted by Crippen LogP contribution is 2.32. The van der Waals surface area contributed by atoms with E-state index in [0.717, 1.165) is 16.9 Å². The van der Waals surface area contributed by atoms with Crippen LogP contribution < -0.4 is 19.9 Å². The molecule has 2 N–H and O–H groups in total. The van der Waals surface area contributed by atoms with E-state index in [9.17, 15) is 4.79 Å². The monoisotopic (exact) mass is 301 g/mol. The molecule has 5 nitrogen and oxygen atoms in total. The Bertz CT molecular complexity index is 682. The Morgan fingerprint density at radius 2 is 1.82 bits per heavy atom. The number of primary amides is 1. The van der Waals surface area contributed by atoms with E-state index in [1.165, 1.54) is 7.11 Å². The molecule has 0 saturated carbocycles. The van der Waals surface area contributed by atoms with Crippen LogP contribution in [0.2, 0.25) is 0 Å². The molecule has 0 bridgehead atoms. The molecule has 0 aliphatic heterocycles. The van der Waals surface area contributed by atoms with Crippen LogP contribution in [-0.4, -0.2) is 20.1 Å². The van der Waals surface area contributed by atoms with E-state index < -0.39 is 5.91 Å². The number of amides is 1. The van der Waals surface area contributed by atoms with Crippen molar-refractivity contribution in [2.24, 2.45) is 5.73 Å². The summed E-state index contributed by atoms with van der Waals surface area (Å²) in [6.45, 7) is 2.23. The number of aryl methyl sites for hydroxylation is 1. The van der Waals surface area contributed by atoms with Gasteiger partial charge in [-0.3, -0.25) is 4.79 Å². The molecule has 0 saturated heterocycles. The van der Waals surface area contributed by atoms with Gasteiger partial charge in [-0.25, -0.2) is 0 Å². The molecule has 0 aliphatic carbocycles. The fraction of sp³-hybridized carbons (Fsp3) is 0.235. The molecule has 0 atom stereocenters. The van der Waals surface area contributed by atoms with Crippen molar-refractivity contribution in [1.82, 2.24) is 0 Å². The van der Waals surface area contributed by atoms with Crippen molar-refractivity contribution >= 4 is 5.91 Å². The van der Waals surface area contributed by atoms with Gasteiger partial charge in [0.25, 0.3) is 5.91 Å². The van der Waals surface area contributed by atoms with Gasteiger partial charge >= 0.3 is 0 Å². The van der Waals surface area contributed by atoms with Gasteiger partial charge < -0.3 is 19.9 Å². The Hall–Kier alpha value is -2.69. The van der Waals surface area contributed by atoms with Crippen LogP contribution >= 0.6 is 0 Å². The highest BCUT2D eigenvalue weighted by atomic mass is 16.5. The Morgan fingerprint density at radius 1 is 1.09 bits per heavy atom. The van der Waals surface area contributed by atoms with Gasteiger partial charge in [-0.05, 0) is 31.2 Å². The van der Waals surface area contributed by atoms with Crippen LogP contribution in [0.3, 0.4) is 0 Å². The van der Waals surface area contributed by atoms with Gasteiger partial charge in [-0.1, -0.05) is 17.7 Å². The average molecular weight is 301 g/mol. The van der Waals surface area contributed by atoms with Crippen molar-refractivity contribution in [1.29, 1.82) is 0 Å². The van der Waals surface area contributed by atoms with Crippen molar-refractivity contribution in [3.63, 3.8) is 0 Å². The fourth-order valence-electron chi connectivity index (χ4n) is 2.19. The summed E-state index contributed by atoms with van der Waals surface area (Å²) in [6.07, 6.45) is 0. The second-order valence-corrected chi connectivity index (χ2v) is 4.81. The van der Waals surface area contributed by atoms with E-state index in [0.29, 0.717) is 11.5 Å². The van der Waals surface area contributed by atoms with Crippen molar-refractivity contribution in [2.45, 2.75) is 13.5 Å².